The van der Waals surface area contributed by atoms with Crippen LogP contribution in [0.25, 0.3) is 0 Å². The van der Waals surface area contributed by atoms with E-state index in [0.29, 0.717) is 25.3 Å². The molecule has 0 radical (unpaired) electrons. The third-order valence-corrected chi connectivity index (χ3v) is 4.97. The zero-order valence-electron chi connectivity index (χ0n) is 15.4. The van der Waals surface area contributed by atoms with Gasteiger partial charge in [0.2, 0.25) is 11.8 Å². The molecule has 0 bridgehead atoms. The minimum absolute atomic E-state index is 0.0800. The van der Waals surface area contributed by atoms with E-state index in [2.05, 4.69) is 30.1 Å². The van der Waals surface area contributed by atoms with Gasteiger partial charge >= 0.3 is 0 Å². The van der Waals surface area contributed by atoms with Gasteiger partial charge in [0.1, 0.15) is 0 Å². The van der Waals surface area contributed by atoms with Crippen LogP contribution in [-0.4, -0.2) is 60.9 Å². The SMILES string of the molecule is CC(C)=CCCN1CCCC(CNC(=O)CCN2CCCC2=O)C1. The summed E-state index contributed by atoms with van der Waals surface area (Å²) in [6.07, 6.45) is 7.85. The summed E-state index contributed by atoms with van der Waals surface area (Å²) in [6, 6.07) is 0. The fraction of sp³-hybridized carbons (Fsp3) is 0.789. The number of hydrogen-bond donors (Lipinski definition) is 1. The number of hydrogen-bond acceptors (Lipinski definition) is 3. The number of carbonyl (C=O) groups is 2. The first-order valence-corrected chi connectivity index (χ1v) is 9.45. The Balaban J connectivity index is 1.61. The van der Waals surface area contributed by atoms with Crippen molar-refractivity contribution in [1.82, 2.24) is 15.1 Å². The molecule has 0 aromatic rings. The molecule has 24 heavy (non-hydrogen) atoms. The lowest BCUT2D eigenvalue weighted by molar-refractivity contribution is -0.128. The van der Waals surface area contributed by atoms with Gasteiger partial charge in [-0.25, -0.2) is 0 Å². The van der Waals surface area contributed by atoms with Gasteiger partial charge in [-0.15, -0.1) is 0 Å². The maximum absolute atomic E-state index is 12.0. The van der Waals surface area contributed by atoms with Crippen LogP contribution in [0.1, 0.15) is 52.4 Å². The van der Waals surface area contributed by atoms with Crippen LogP contribution >= 0.6 is 0 Å². The van der Waals surface area contributed by atoms with Gasteiger partial charge in [-0.1, -0.05) is 11.6 Å². The molecule has 2 aliphatic rings. The first-order chi connectivity index (χ1) is 11.5. The second kappa shape index (κ2) is 9.82. The van der Waals surface area contributed by atoms with E-state index in [4.69, 9.17) is 0 Å². The van der Waals surface area contributed by atoms with Gasteiger partial charge in [-0.2, -0.15) is 0 Å². The molecule has 2 saturated heterocycles. The summed E-state index contributed by atoms with van der Waals surface area (Å²) in [6.45, 7) is 9.83. The van der Waals surface area contributed by atoms with Crippen LogP contribution in [0.15, 0.2) is 11.6 Å². The van der Waals surface area contributed by atoms with Gasteiger partial charge in [-0.05, 0) is 52.0 Å². The number of piperidine rings is 1. The summed E-state index contributed by atoms with van der Waals surface area (Å²) >= 11 is 0. The maximum atomic E-state index is 12.0. The summed E-state index contributed by atoms with van der Waals surface area (Å²) in [5, 5.41) is 3.07. The van der Waals surface area contributed by atoms with Gasteiger partial charge < -0.3 is 15.1 Å². The van der Waals surface area contributed by atoms with Crippen LogP contribution in [0.3, 0.4) is 0 Å². The van der Waals surface area contributed by atoms with E-state index in [1.165, 1.54) is 25.0 Å². The summed E-state index contributed by atoms with van der Waals surface area (Å²) in [7, 11) is 0. The van der Waals surface area contributed by atoms with Crippen LogP contribution < -0.4 is 5.32 Å². The Labute approximate surface area is 146 Å². The second-order valence-electron chi connectivity index (χ2n) is 7.42. The highest BCUT2D eigenvalue weighted by Crippen LogP contribution is 2.16. The van der Waals surface area contributed by atoms with Crippen LogP contribution in [0.4, 0.5) is 0 Å². The van der Waals surface area contributed by atoms with E-state index >= 15 is 0 Å². The maximum Gasteiger partial charge on any atom is 0.222 e. The summed E-state index contributed by atoms with van der Waals surface area (Å²) in [5.41, 5.74) is 1.38. The highest BCUT2D eigenvalue weighted by atomic mass is 16.2. The third-order valence-electron chi connectivity index (χ3n) is 4.97. The molecule has 1 unspecified atom stereocenters. The van der Waals surface area contributed by atoms with Crippen molar-refractivity contribution in [3.8, 4) is 0 Å². The predicted molar refractivity (Wildman–Crippen MR) is 96.7 cm³/mol. The Morgan fingerprint density at radius 3 is 2.79 bits per heavy atom. The lowest BCUT2D eigenvalue weighted by Crippen LogP contribution is -2.41. The fourth-order valence-electron chi connectivity index (χ4n) is 3.58. The predicted octanol–water partition coefficient (Wildman–Crippen LogP) is 2.18. The number of allylic oxidation sites excluding steroid dienone is 1. The molecule has 5 nitrogen and oxygen atoms in total. The smallest absolute Gasteiger partial charge is 0.222 e. The molecule has 2 heterocycles. The zero-order chi connectivity index (χ0) is 17.4. The van der Waals surface area contributed by atoms with Gasteiger partial charge in [0, 0.05) is 45.6 Å². The Hall–Kier alpha value is -1.36. The minimum Gasteiger partial charge on any atom is -0.356 e. The van der Waals surface area contributed by atoms with Crippen molar-refractivity contribution in [3.05, 3.63) is 11.6 Å². The van der Waals surface area contributed by atoms with Gasteiger partial charge in [0.25, 0.3) is 0 Å². The number of amides is 2. The van der Waals surface area contributed by atoms with Crippen LogP contribution in [0, 0.1) is 5.92 Å². The van der Waals surface area contributed by atoms with Crippen LogP contribution in [0.5, 0.6) is 0 Å². The molecular formula is C19H33N3O2. The molecule has 2 aliphatic heterocycles. The molecule has 2 fully saturated rings. The van der Waals surface area contributed by atoms with Crippen molar-refractivity contribution in [1.29, 1.82) is 0 Å². The largest absolute Gasteiger partial charge is 0.356 e. The van der Waals surface area contributed by atoms with Crippen molar-refractivity contribution in [2.75, 3.05) is 39.3 Å². The Kier molecular flexibility index (Phi) is 7.76. The van der Waals surface area contributed by atoms with Crippen molar-refractivity contribution >= 4 is 11.8 Å². The molecule has 1 atom stereocenters. The number of nitrogens with zero attached hydrogens (tertiary/aromatic N) is 2. The van der Waals surface area contributed by atoms with Gasteiger partial charge in [-0.3, -0.25) is 9.59 Å². The van der Waals surface area contributed by atoms with E-state index in [9.17, 15) is 9.59 Å². The number of carbonyl (C=O) groups excluding carboxylic acids is 2. The van der Waals surface area contributed by atoms with E-state index in [0.717, 1.165) is 39.0 Å². The summed E-state index contributed by atoms with van der Waals surface area (Å²) in [5.74, 6) is 0.835. The molecule has 2 amide bonds. The first kappa shape index (κ1) is 19.0. The molecule has 1 N–H and O–H groups in total. The highest BCUT2D eigenvalue weighted by molar-refractivity contribution is 5.80. The normalized spacial score (nSPS) is 21.8. The molecule has 0 spiro atoms. The Morgan fingerprint density at radius 2 is 2.08 bits per heavy atom. The number of likely N-dealkylation sites (tertiary alicyclic amines) is 2. The summed E-state index contributed by atoms with van der Waals surface area (Å²) in [4.78, 5) is 27.9. The van der Waals surface area contributed by atoms with Crippen molar-refractivity contribution in [2.45, 2.75) is 52.4 Å². The lowest BCUT2D eigenvalue weighted by Gasteiger charge is -2.32. The molecule has 136 valence electrons. The van der Waals surface area contributed by atoms with E-state index in [1.807, 2.05) is 4.90 Å². The van der Waals surface area contributed by atoms with Crippen molar-refractivity contribution < 1.29 is 9.59 Å². The van der Waals surface area contributed by atoms with Crippen molar-refractivity contribution in [2.24, 2.45) is 5.92 Å². The molecule has 2 rings (SSSR count). The lowest BCUT2D eigenvalue weighted by atomic mass is 9.97. The molecular weight excluding hydrogens is 302 g/mol. The standard InChI is InChI=1S/C19H33N3O2/c1-16(2)6-3-10-21-11-4-7-17(15-21)14-20-18(23)9-13-22-12-5-8-19(22)24/h6,17H,3-5,7-15H2,1-2H3,(H,20,23). The molecule has 0 aromatic carbocycles. The molecule has 0 aromatic heterocycles. The first-order valence-electron chi connectivity index (χ1n) is 9.45. The van der Waals surface area contributed by atoms with Crippen LogP contribution in [0.2, 0.25) is 0 Å². The average molecular weight is 335 g/mol. The van der Waals surface area contributed by atoms with E-state index in [1.54, 1.807) is 0 Å². The number of rotatable bonds is 8. The van der Waals surface area contributed by atoms with Gasteiger partial charge in [0.05, 0.1) is 0 Å². The van der Waals surface area contributed by atoms with Crippen LogP contribution in [-0.2, 0) is 9.59 Å². The molecule has 5 heteroatoms. The van der Waals surface area contributed by atoms with E-state index < -0.39 is 0 Å². The third kappa shape index (κ3) is 6.63. The van der Waals surface area contributed by atoms with Crippen molar-refractivity contribution in [3.63, 3.8) is 0 Å². The topological polar surface area (TPSA) is 52.7 Å². The quantitative estimate of drug-likeness (QED) is 0.692. The number of nitrogens with one attached hydrogen (secondary N) is 1. The average Bonchev–Trinajstić information content (AvgIpc) is 2.96. The zero-order valence-corrected chi connectivity index (χ0v) is 15.4. The fourth-order valence-corrected chi connectivity index (χ4v) is 3.58. The molecule has 0 aliphatic carbocycles. The highest BCUT2D eigenvalue weighted by Gasteiger charge is 2.22. The minimum atomic E-state index is 0.0800. The second-order valence-corrected chi connectivity index (χ2v) is 7.42. The summed E-state index contributed by atoms with van der Waals surface area (Å²) < 4.78 is 0. The Morgan fingerprint density at radius 1 is 1.25 bits per heavy atom. The van der Waals surface area contributed by atoms with Gasteiger partial charge in [0.15, 0.2) is 0 Å². The van der Waals surface area contributed by atoms with E-state index in [-0.39, 0.29) is 11.8 Å². The Bertz CT molecular complexity index is 458. The monoisotopic (exact) mass is 335 g/mol. The molecule has 0 saturated carbocycles.